The Hall–Kier alpha value is -2.33. The number of hydrogen-bond donors (Lipinski definition) is 2. The van der Waals surface area contributed by atoms with Gasteiger partial charge >= 0.3 is 37.7 Å². The highest BCUT2D eigenvalue weighted by molar-refractivity contribution is 7.47. The largest absolute Gasteiger partial charge is 0.472 e. The molecule has 0 aliphatic heterocycles. The number of hydrogen-bond acceptors (Lipinski definition) is 14. The zero-order valence-electron chi connectivity index (χ0n) is 33.0. The Morgan fingerprint density at radius 2 is 1.08 bits per heavy atom. The number of esters is 5. The maximum absolute atomic E-state index is 13.4. The minimum absolute atomic E-state index is 0.0227. The summed E-state index contributed by atoms with van der Waals surface area (Å²) in [6, 6.07) is 0. The molecule has 0 aromatic rings. The summed E-state index contributed by atoms with van der Waals surface area (Å²) in [7, 11) is 2.54. The molecule has 0 heterocycles. The van der Waals surface area contributed by atoms with Crippen LogP contribution < -0.4 is 0 Å². The molecule has 0 saturated carbocycles. The summed E-state index contributed by atoms with van der Waals surface area (Å²) in [6.07, 6.45) is -0.0499. The van der Waals surface area contributed by atoms with Gasteiger partial charge in [-0.3, -0.25) is 33.0 Å². The van der Waals surface area contributed by atoms with Crippen molar-refractivity contribution >= 4 is 49.3 Å². The fraction of sp³-hybridized carbons (Fsp3) is 0.853. The standard InChI is InChI=1S/C34H61ClNO15P/c1-13-32(6,24-33(7,28(41)46-17-15-37)22-30(2,3)25(38)45-12)27(40)48-19-18-47-26(39)31(4,5)23-34(8,35)29(42)49-20-21-51-52(43,44)50-16-14-36(9,10)11/h37H,13-24H2,1-12H3/p+1. The van der Waals surface area contributed by atoms with E-state index in [2.05, 4.69) is 0 Å². The number of aliphatic hydroxyl groups is 1. The lowest BCUT2D eigenvalue weighted by atomic mass is 9.65. The predicted octanol–water partition coefficient (Wildman–Crippen LogP) is 3.81. The molecule has 18 heteroatoms. The summed E-state index contributed by atoms with van der Waals surface area (Å²) >= 11 is 6.44. The number of quaternary nitrogens is 1. The monoisotopic (exact) mass is 790 g/mol. The van der Waals surface area contributed by atoms with E-state index in [1.165, 1.54) is 27.9 Å². The van der Waals surface area contributed by atoms with Gasteiger partial charge in [0.1, 0.15) is 44.5 Å². The Bertz CT molecular complexity index is 1270. The normalized spacial score (nSPS) is 17.0. The van der Waals surface area contributed by atoms with Crippen LogP contribution in [0.1, 0.15) is 81.1 Å². The van der Waals surface area contributed by atoms with E-state index in [0.717, 1.165) is 0 Å². The second-order valence-corrected chi connectivity index (χ2v) is 18.2. The van der Waals surface area contributed by atoms with E-state index < -0.39 is 84.0 Å². The van der Waals surface area contributed by atoms with Gasteiger partial charge in [-0.25, -0.2) is 4.57 Å². The summed E-state index contributed by atoms with van der Waals surface area (Å²) in [6.45, 7) is 10.8. The molecule has 0 fully saturated rings. The fourth-order valence-electron chi connectivity index (χ4n) is 5.56. The van der Waals surface area contributed by atoms with Crippen molar-refractivity contribution in [2.75, 3.05) is 81.0 Å². The van der Waals surface area contributed by atoms with E-state index in [-0.39, 0.29) is 52.1 Å². The van der Waals surface area contributed by atoms with Crippen LogP contribution in [0.25, 0.3) is 0 Å². The molecule has 4 atom stereocenters. The van der Waals surface area contributed by atoms with E-state index in [4.69, 9.17) is 44.3 Å². The van der Waals surface area contributed by atoms with Crippen molar-refractivity contribution in [3.05, 3.63) is 0 Å². The summed E-state index contributed by atoms with van der Waals surface area (Å²) in [5.41, 5.74) is -4.98. The van der Waals surface area contributed by atoms with Gasteiger partial charge < -0.3 is 38.2 Å². The zero-order valence-corrected chi connectivity index (χ0v) is 34.6. The van der Waals surface area contributed by atoms with Crippen LogP contribution in [-0.2, 0) is 61.3 Å². The molecule has 0 aromatic heterocycles. The third-order valence-corrected chi connectivity index (χ3v) is 9.64. The van der Waals surface area contributed by atoms with Gasteiger partial charge in [-0.1, -0.05) is 6.92 Å². The van der Waals surface area contributed by atoms with E-state index in [1.54, 1.807) is 34.6 Å². The number of carbonyl (C=O) groups is 5. The van der Waals surface area contributed by atoms with Crippen molar-refractivity contribution in [1.82, 2.24) is 0 Å². The number of nitrogens with zero attached hydrogens (tertiary/aromatic N) is 1. The molecule has 0 aromatic carbocycles. The predicted molar refractivity (Wildman–Crippen MR) is 190 cm³/mol. The maximum Gasteiger partial charge on any atom is 0.472 e. The number of phosphoric acid groups is 1. The van der Waals surface area contributed by atoms with Gasteiger partial charge in [0.15, 0.2) is 0 Å². The summed E-state index contributed by atoms with van der Waals surface area (Å²) < 4.78 is 48.3. The number of likely N-dealkylation sites (N-methyl/N-ethyl adjacent to an activating group) is 1. The van der Waals surface area contributed by atoms with E-state index >= 15 is 0 Å². The molecule has 0 aliphatic rings. The number of carbonyl (C=O) groups excluding carboxylic acids is 5. The highest BCUT2D eigenvalue weighted by Crippen LogP contribution is 2.46. The van der Waals surface area contributed by atoms with Crippen molar-refractivity contribution in [3.63, 3.8) is 0 Å². The van der Waals surface area contributed by atoms with Crippen LogP contribution in [-0.4, -0.2) is 130 Å². The van der Waals surface area contributed by atoms with Gasteiger partial charge in [-0.2, -0.15) is 0 Å². The molecule has 0 spiro atoms. The lowest BCUT2D eigenvalue weighted by molar-refractivity contribution is -0.870. The average Bonchev–Trinajstić information content (AvgIpc) is 3.01. The minimum Gasteiger partial charge on any atom is -0.469 e. The van der Waals surface area contributed by atoms with Gasteiger partial charge in [0.25, 0.3) is 0 Å². The lowest BCUT2D eigenvalue weighted by Gasteiger charge is -2.39. The van der Waals surface area contributed by atoms with E-state index in [9.17, 15) is 38.5 Å². The van der Waals surface area contributed by atoms with E-state index in [0.29, 0.717) is 11.0 Å². The molecule has 2 N–H and O–H groups in total. The first-order chi connectivity index (χ1) is 23.5. The van der Waals surface area contributed by atoms with Gasteiger partial charge in [0.05, 0.1) is 63.1 Å². The average molecular weight is 791 g/mol. The minimum atomic E-state index is -4.36. The number of methoxy groups -OCH3 is 1. The number of rotatable bonds is 25. The van der Waals surface area contributed by atoms with Crippen molar-refractivity contribution in [2.24, 2.45) is 21.7 Å². The number of ether oxygens (including phenoxy) is 5. The smallest absolute Gasteiger partial charge is 0.469 e. The highest BCUT2D eigenvalue weighted by Gasteiger charge is 2.50. The van der Waals surface area contributed by atoms with Crippen LogP contribution in [0.4, 0.5) is 0 Å². The van der Waals surface area contributed by atoms with Crippen molar-refractivity contribution in [3.8, 4) is 0 Å². The maximum atomic E-state index is 13.4. The molecule has 52 heavy (non-hydrogen) atoms. The Morgan fingerprint density at radius 3 is 1.58 bits per heavy atom. The SMILES string of the molecule is CCC(C)(CC(C)(CC(C)(C)C(=O)OC)C(=O)OCCO)C(=O)OCCOC(=O)C(C)(C)CC(C)(Cl)C(=O)OCCOP(=O)(O)OCC[N+](C)(C)C. The second kappa shape index (κ2) is 20.4. The molecule has 0 rings (SSSR count). The molecule has 16 nitrogen and oxygen atoms in total. The van der Waals surface area contributed by atoms with Crippen molar-refractivity contribution in [2.45, 2.75) is 85.9 Å². The molecule has 0 saturated heterocycles. The zero-order chi connectivity index (χ0) is 40.8. The number of halogens is 1. The number of alkyl halides is 1. The van der Waals surface area contributed by atoms with Crippen molar-refractivity contribution in [1.29, 1.82) is 0 Å². The third kappa shape index (κ3) is 17.2. The topological polar surface area (TPSA) is 207 Å². The van der Waals surface area contributed by atoms with Gasteiger partial charge in [0, 0.05) is 0 Å². The first-order valence-electron chi connectivity index (χ1n) is 17.0. The van der Waals surface area contributed by atoms with Gasteiger partial charge in [-0.15, -0.1) is 11.6 Å². The third-order valence-electron chi connectivity index (χ3n) is 8.33. The van der Waals surface area contributed by atoms with Crippen LogP contribution >= 0.6 is 19.4 Å². The Morgan fingerprint density at radius 1 is 0.635 bits per heavy atom. The van der Waals surface area contributed by atoms with Gasteiger partial charge in [-0.05, 0) is 74.1 Å². The first-order valence-corrected chi connectivity index (χ1v) is 18.9. The quantitative estimate of drug-likeness (QED) is 0.0337. The fourth-order valence-corrected chi connectivity index (χ4v) is 6.64. The van der Waals surface area contributed by atoms with Crippen LogP contribution in [0.3, 0.4) is 0 Å². The molecular weight excluding hydrogens is 729 g/mol. The van der Waals surface area contributed by atoms with Crippen LogP contribution in [0.15, 0.2) is 0 Å². The van der Waals surface area contributed by atoms with E-state index in [1.807, 2.05) is 21.1 Å². The lowest BCUT2D eigenvalue weighted by Crippen LogP contribution is -2.44. The molecule has 304 valence electrons. The molecule has 0 amide bonds. The van der Waals surface area contributed by atoms with Crippen molar-refractivity contribution < 1.29 is 75.8 Å². The summed E-state index contributed by atoms with van der Waals surface area (Å²) in [4.78, 5) is 72.8. The Balaban J connectivity index is 5.24. The second-order valence-electron chi connectivity index (χ2n) is 15.9. The Labute approximate surface area is 313 Å². The number of aliphatic hydroxyl groups excluding tert-OH is 1. The molecule has 0 aliphatic carbocycles. The highest BCUT2D eigenvalue weighted by atomic mass is 35.5. The molecular formula is C34H62ClNO15P+. The summed E-state index contributed by atoms with van der Waals surface area (Å²) in [5, 5.41) is 9.18. The molecule has 0 bridgehead atoms. The van der Waals surface area contributed by atoms with Crippen LogP contribution in [0, 0.1) is 21.7 Å². The number of phosphoric ester groups is 1. The molecule has 4 unspecified atom stereocenters. The summed E-state index contributed by atoms with van der Waals surface area (Å²) in [5.74, 6) is -3.55. The Kier molecular flexibility index (Phi) is 19.5. The van der Waals surface area contributed by atoms with Crippen LogP contribution in [0.5, 0.6) is 0 Å². The molecule has 0 radical (unpaired) electrons. The van der Waals surface area contributed by atoms with Crippen LogP contribution in [0.2, 0.25) is 0 Å². The van der Waals surface area contributed by atoms with Gasteiger partial charge in [0.2, 0.25) is 0 Å². The first kappa shape index (κ1) is 49.7.